The van der Waals surface area contributed by atoms with Crippen LogP contribution in [0, 0.1) is 12.7 Å². The summed E-state index contributed by atoms with van der Waals surface area (Å²) in [5, 5.41) is 0.870. The Hall–Kier alpha value is -3.67. The molecule has 2 heterocycles. The molecule has 0 saturated carbocycles. The Kier molecular flexibility index (Phi) is 5.48. The number of pyridine rings is 2. The molecule has 0 saturated heterocycles. The number of hydrogen-bond donors (Lipinski definition) is 0. The van der Waals surface area contributed by atoms with Gasteiger partial charge in [-0.2, -0.15) is 0 Å². The molecule has 2 aromatic heterocycles. The molecule has 5 nitrogen and oxygen atoms in total. The summed E-state index contributed by atoms with van der Waals surface area (Å²) in [5.74, 6) is 1.14. The van der Waals surface area contributed by atoms with Crippen molar-refractivity contribution in [2.24, 2.45) is 0 Å². The largest absolute Gasteiger partial charge is 0.497 e. The molecule has 0 aliphatic rings. The lowest BCUT2D eigenvalue weighted by Gasteiger charge is -2.12. The van der Waals surface area contributed by atoms with E-state index in [4.69, 9.17) is 9.47 Å². The van der Waals surface area contributed by atoms with Crippen molar-refractivity contribution < 1.29 is 13.9 Å². The highest BCUT2D eigenvalue weighted by molar-refractivity contribution is 5.85. The number of benzene rings is 2. The highest BCUT2D eigenvalue weighted by Gasteiger charge is 2.07. The zero-order valence-corrected chi connectivity index (χ0v) is 16.8. The van der Waals surface area contributed by atoms with E-state index < -0.39 is 0 Å². The van der Waals surface area contributed by atoms with Crippen LogP contribution in [-0.2, 0) is 6.54 Å². The monoisotopic (exact) mass is 404 g/mol. The van der Waals surface area contributed by atoms with E-state index in [2.05, 4.69) is 4.98 Å². The Bertz CT molecular complexity index is 1270. The van der Waals surface area contributed by atoms with Gasteiger partial charge >= 0.3 is 0 Å². The Labute approximate surface area is 173 Å². The van der Waals surface area contributed by atoms with Crippen LogP contribution >= 0.6 is 0 Å². The van der Waals surface area contributed by atoms with Gasteiger partial charge in [-0.25, -0.2) is 4.39 Å². The molecule has 4 aromatic rings. The lowest BCUT2D eigenvalue weighted by molar-refractivity contribution is 0.299. The van der Waals surface area contributed by atoms with Crippen molar-refractivity contribution in [1.29, 1.82) is 0 Å². The van der Waals surface area contributed by atoms with E-state index in [1.54, 1.807) is 49.2 Å². The van der Waals surface area contributed by atoms with Crippen molar-refractivity contribution in [1.82, 2.24) is 9.55 Å². The zero-order valence-electron chi connectivity index (χ0n) is 16.8. The van der Waals surface area contributed by atoms with Crippen LogP contribution in [0.1, 0.15) is 5.56 Å². The molecular formula is C24H21FN2O3. The van der Waals surface area contributed by atoms with E-state index in [1.807, 2.05) is 24.3 Å². The molecule has 4 rings (SSSR count). The van der Waals surface area contributed by atoms with Gasteiger partial charge in [-0.3, -0.25) is 9.78 Å². The second-order valence-corrected chi connectivity index (χ2v) is 6.95. The van der Waals surface area contributed by atoms with E-state index in [-0.39, 0.29) is 11.4 Å². The lowest BCUT2D eigenvalue weighted by atomic mass is 10.1. The SMILES string of the molecule is COc1ccc2c(OCCn3cc(-c4ccc(C)c(F)c4)ccc3=O)ccnc2c1. The van der Waals surface area contributed by atoms with Crippen molar-refractivity contribution in [3.63, 3.8) is 0 Å². The van der Waals surface area contributed by atoms with Crippen molar-refractivity contribution in [2.45, 2.75) is 13.5 Å². The van der Waals surface area contributed by atoms with Crippen molar-refractivity contribution in [2.75, 3.05) is 13.7 Å². The third-order valence-electron chi connectivity index (χ3n) is 4.99. The summed E-state index contributed by atoms with van der Waals surface area (Å²) < 4.78 is 26.6. The average Bonchev–Trinajstić information content (AvgIpc) is 2.76. The van der Waals surface area contributed by atoms with Gasteiger partial charge in [-0.15, -0.1) is 0 Å². The topological polar surface area (TPSA) is 53.4 Å². The van der Waals surface area contributed by atoms with Crippen LogP contribution in [0.3, 0.4) is 0 Å². The Morgan fingerprint density at radius 1 is 1.03 bits per heavy atom. The fourth-order valence-electron chi connectivity index (χ4n) is 3.26. The normalized spacial score (nSPS) is 10.9. The van der Waals surface area contributed by atoms with E-state index in [0.717, 1.165) is 27.8 Å². The predicted molar refractivity (Wildman–Crippen MR) is 115 cm³/mol. The van der Waals surface area contributed by atoms with Gasteiger partial charge in [0.1, 0.15) is 23.9 Å². The van der Waals surface area contributed by atoms with Gasteiger partial charge in [-0.1, -0.05) is 12.1 Å². The Balaban J connectivity index is 1.52. The van der Waals surface area contributed by atoms with E-state index in [9.17, 15) is 9.18 Å². The quantitative estimate of drug-likeness (QED) is 0.471. The smallest absolute Gasteiger partial charge is 0.250 e. The molecule has 6 heteroatoms. The van der Waals surface area contributed by atoms with E-state index in [1.165, 1.54) is 12.1 Å². The van der Waals surface area contributed by atoms with Gasteiger partial charge in [0.15, 0.2) is 0 Å². The van der Waals surface area contributed by atoms with Gasteiger partial charge in [0.25, 0.3) is 5.56 Å². The molecule has 30 heavy (non-hydrogen) atoms. The highest BCUT2D eigenvalue weighted by Crippen LogP contribution is 2.27. The van der Waals surface area contributed by atoms with E-state index in [0.29, 0.717) is 24.5 Å². The maximum atomic E-state index is 13.9. The summed E-state index contributed by atoms with van der Waals surface area (Å²) in [7, 11) is 1.61. The standard InChI is InChI=1S/C24H21FN2O3/c1-16-3-4-17(13-21(16)25)18-5-8-24(28)27(15-18)11-12-30-23-9-10-26-22-14-19(29-2)6-7-20(22)23/h3-10,13-15H,11-12H2,1-2H3. The number of hydrogen-bond acceptors (Lipinski definition) is 4. The van der Waals surface area contributed by atoms with Gasteiger partial charge < -0.3 is 14.0 Å². The molecule has 152 valence electrons. The van der Waals surface area contributed by atoms with Crippen LogP contribution in [0.25, 0.3) is 22.0 Å². The molecular weight excluding hydrogens is 383 g/mol. The first kappa shape index (κ1) is 19.6. The first-order valence-electron chi connectivity index (χ1n) is 9.58. The summed E-state index contributed by atoms with van der Waals surface area (Å²) >= 11 is 0. The van der Waals surface area contributed by atoms with E-state index >= 15 is 0 Å². The summed E-state index contributed by atoms with van der Waals surface area (Å²) in [4.78, 5) is 16.6. The maximum Gasteiger partial charge on any atom is 0.250 e. The molecule has 0 spiro atoms. The fourth-order valence-corrected chi connectivity index (χ4v) is 3.26. The van der Waals surface area contributed by atoms with Gasteiger partial charge in [-0.05, 0) is 53.9 Å². The summed E-state index contributed by atoms with van der Waals surface area (Å²) in [6, 6.07) is 15.6. The molecule has 0 aliphatic carbocycles. The molecule has 0 bridgehead atoms. The minimum absolute atomic E-state index is 0.140. The number of aryl methyl sites for hydroxylation is 1. The second kappa shape index (κ2) is 8.37. The van der Waals surface area contributed by atoms with Crippen LogP contribution in [-0.4, -0.2) is 23.3 Å². The number of ether oxygens (including phenoxy) is 2. The third kappa shape index (κ3) is 4.03. The molecule has 0 atom stereocenters. The van der Waals surface area contributed by atoms with Gasteiger partial charge in [0, 0.05) is 29.9 Å². The van der Waals surface area contributed by atoms with Crippen molar-refractivity contribution >= 4 is 10.9 Å². The lowest BCUT2D eigenvalue weighted by Crippen LogP contribution is -2.22. The fraction of sp³-hybridized carbons (Fsp3) is 0.167. The number of rotatable bonds is 6. The molecule has 0 radical (unpaired) electrons. The minimum Gasteiger partial charge on any atom is -0.497 e. The van der Waals surface area contributed by atoms with Crippen molar-refractivity contribution in [3.05, 3.63) is 88.7 Å². The molecule has 0 amide bonds. The summed E-state index contributed by atoms with van der Waals surface area (Å²) in [5.41, 5.74) is 2.71. The summed E-state index contributed by atoms with van der Waals surface area (Å²) in [6.07, 6.45) is 3.40. The number of aromatic nitrogens is 2. The average molecular weight is 404 g/mol. The Morgan fingerprint density at radius 2 is 1.87 bits per heavy atom. The molecule has 2 aromatic carbocycles. The third-order valence-corrected chi connectivity index (χ3v) is 4.99. The zero-order chi connectivity index (χ0) is 21.1. The molecule has 0 fully saturated rings. The number of fused-ring (bicyclic) bond motifs is 1. The van der Waals surface area contributed by atoms with Crippen LogP contribution in [0.15, 0.2) is 71.8 Å². The predicted octanol–water partition coefficient (Wildman–Crippen LogP) is 4.60. The van der Waals surface area contributed by atoms with Crippen molar-refractivity contribution in [3.8, 4) is 22.6 Å². The Morgan fingerprint density at radius 3 is 2.67 bits per heavy atom. The minimum atomic E-state index is -0.269. The molecule has 0 N–H and O–H groups in total. The van der Waals surface area contributed by atoms with Crippen LogP contribution < -0.4 is 15.0 Å². The van der Waals surface area contributed by atoms with Crippen LogP contribution in [0.5, 0.6) is 11.5 Å². The summed E-state index contributed by atoms with van der Waals surface area (Å²) in [6.45, 7) is 2.38. The highest BCUT2D eigenvalue weighted by atomic mass is 19.1. The first-order valence-corrected chi connectivity index (χ1v) is 9.58. The van der Waals surface area contributed by atoms with Gasteiger partial charge in [0.2, 0.25) is 0 Å². The van der Waals surface area contributed by atoms with Crippen LogP contribution in [0.4, 0.5) is 4.39 Å². The second-order valence-electron chi connectivity index (χ2n) is 6.95. The number of nitrogens with zero attached hydrogens (tertiary/aromatic N) is 2. The molecule has 0 unspecified atom stereocenters. The molecule has 0 aliphatic heterocycles. The van der Waals surface area contributed by atoms with Gasteiger partial charge in [0.05, 0.1) is 19.2 Å². The first-order chi connectivity index (χ1) is 14.5. The number of halogens is 1. The maximum absolute atomic E-state index is 13.9. The van der Waals surface area contributed by atoms with Crippen LogP contribution in [0.2, 0.25) is 0 Å². The number of methoxy groups -OCH3 is 1.